The van der Waals surface area contributed by atoms with Gasteiger partial charge in [0.1, 0.15) is 5.84 Å². The van der Waals surface area contributed by atoms with Crippen LogP contribution in [0, 0.1) is 0 Å². The number of benzene rings is 1. The van der Waals surface area contributed by atoms with E-state index in [1.807, 2.05) is 12.3 Å². The van der Waals surface area contributed by atoms with Crippen molar-refractivity contribution in [3.05, 3.63) is 63.1 Å². The number of amidine groups is 1. The van der Waals surface area contributed by atoms with Crippen molar-refractivity contribution in [1.29, 1.82) is 0 Å². The number of hydrogen-bond donors (Lipinski definition) is 1. The molecule has 2 heterocycles. The third-order valence-electron chi connectivity index (χ3n) is 3.36. The highest BCUT2D eigenvalue weighted by Gasteiger charge is 2.35. The van der Waals surface area contributed by atoms with Crippen LogP contribution in [-0.4, -0.2) is 5.84 Å². The first-order valence-corrected chi connectivity index (χ1v) is 7.06. The fourth-order valence-electron chi connectivity index (χ4n) is 2.29. The van der Waals surface area contributed by atoms with Crippen molar-refractivity contribution in [2.24, 2.45) is 10.7 Å². The molecule has 2 N–H and O–H groups in total. The van der Waals surface area contributed by atoms with E-state index in [4.69, 9.17) is 5.73 Å². The first-order valence-electron chi connectivity index (χ1n) is 6.18. The molecule has 0 saturated carbocycles. The van der Waals surface area contributed by atoms with Gasteiger partial charge in [0.25, 0.3) is 0 Å². The van der Waals surface area contributed by atoms with Gasteiger partial charge in [-0.1, -0.05) is 30.0 Å². The highest BCUT2D eigenvalue weighted by atomic mass is 32.2. The van der Waals surface area contributed by atoms with E-state index < -0.39 is 11.7 Å². The molecular formula is C15H11F3N2S. The fourth-order valence-corrected chi connectivity index (χ4v) is 2.81. The van der Waals surface area contributed by atoms with Crippen LogP contribution in [0.1, 0.15) is 18.1 Å². The van der Waals surface area contributed by atoms with E-state index in [0.29, 0.717) is 11.1 Å². The van der Waals surface area contributed by atoms with Crippen molar-refractivity contribution >= 4 is 23.2 Å². The molecule has 0 unspecified atom stereocenters. The average molecular weight is 308 g/mol. The summed E-state index contributed by atoms with van der Waals surface area (Å²) in [5, 5.41) is 1.93. The van der Waals surface area contributed by atoms with E-state index in [1.54, 1.807) is 17.8 Å². The third kappa shape index (κ3) is 2.51. The highest BCUT2D eigenvalue weighted by molar-refractivity contribution is 8.12. The maximum Gasteiger partial charge on any atom is 0.417 e. The molecule has 0 amide bonds. The van der Waals surface area contributed by atoms with Gasteiger partial charge in [0, 0.05) is 22.3 Å². The van der Waals surface area contributed by atoms with E-state index in [0.717, 1.165) is 16.5 Å². The van der Waals surface area contributed by atoms with E-state index in [9.17, 15) is 13.2 Å². The smallest absolute Gasteiger partial charge is 0.383 e. The summed E-state index contributed by atoms with van der Waals surface area (Å²) in [4.78, 5) is 5.03. The first-order chi connectivity index (χ1) is 9.89. The van der Waals surface area contributed by atoms with Gasteiger partial charge in [-0.25, -0.2) is 4.99 Å². The largest absolute Gasteiger partial charge is 0.417 e. The summed E-state index contributed by atoms with van der Waals surface area (Å²) in [7, 11) is 0. The number of allylic oxidation sites excluding steroid dienone is 1. The number of rotatable bonds is 2. The number of alkyl halides is 3. The SMILES string of the molecule is C/C(C1=CS1)=C1/C(c2ccccc2C(F)(F)F)=CN=C1N. The van der Waals surface area contributed by atoms with Crippen molar-refractivity contribution in [3.8, 4) is 0 Å². The van der Waals surface area contributed by atoms with Crippen LogP contribution >= 0.6 is 11.8 Å². The Morgan fingerprint density at radius 3 is 2.52 bits per heavy atom. The minimum absolute atomic E-state index is 0.106. The van der Waals surface area contributed by atoms with Crippen LogP contribution < -0.4 is 5.73 Å². The Morgan fingerprint density at radius 2 is 1.90 bits per heavy atom. The summed E-state index contributed by atoms with van der Waals surface area (Å²) in [5.41, 5.74) is 7.16. The van der Waals surface area contributed by atoms with Crippen molar-refractivity contribution in [1.82, 2.24) is 0 Å². The van der Waals surface area contributed by atoms with Crippen LogP contribution in [0.3, 0.4) is 0 Å². The van der Waals surface area contributed by atoms with Crippen LogP contribution in [0.15, 0.2) is 56.9 Å². The van der Waals surface area contributed by atoms with Gasteiger partial charge >= 0.3 is 6.18 Å². The fraction of sp³-hybridized carbons (Fsp3) is 0.133. The molecule has 108 valence electrons. The lowest BCUT2D eigenvalue weighted by Crippen LogP contribution is -2.15. The van der Waals surface area contributed by atoms with Gasteiger partial charge in [-0.2, -0.15) is 13.2 Å². The Hall–Kier alpha value is -1.95. The number of nitrogens with zero attached hydrogens (tertiary/aromatic N) is 1. The standard InChI is InChI=1S/C15H11F3N2S/c1-8(12-7-21-12)13-10(6-20-14(13)19)9-4-2-3-5-11(9)15(16,17)18/h2-7H,1H3,(H2,19,20)/b13-8+. The number of aliphatic imine (C=N–C) groups is 1. The molecule has 0 aromatic heterocycles. The molecule has 6 heteroatoms. The summed E-state index contributed by atoms with van der Waals surface area (Å²) >= 11 is 1.55. The summed E-state index contributed by atoms with van der Waals surface area (Å²) in [6, 6.07) is 5.48. The predicted molar refractivity (Wildman–Crippen MR) is 79.4 cm³/mol. The molecule has 0 aliphatic carbocycles. The Bertz CT molecular complexity index is 740. The molecule has 2 nitrogen and oxygen atoms in total. The molecular weight excluding hydrogens is 297 g/mol. The lowest BCUT2D eigenvalue weighted by molar-refractivity contribution is -0.137. The second kappa shape index (κ2) is 4.80. The van der Waals surface area contributed by atoms with Crippen molar-refractivity contribution in [2.45, 2.75) is 13.1 Å². The minimum Gasteiger partial charge on any atom is -0.383 e. The van der Waals surface area contributed by atoms with Crippen molar-refractivity contribution in [2.75, 3.05) is 0 Å². The van der Waals surface area contributed by atoms with E-state index in [2.05, 4.69) is 4.99 Å². The van der Waals surface area contributed by atoms with Crippen LogP contribution in [0.2, 0.25) is 0 Å². The molecule has 1 aromatic rings. The molecule has 0 atom stereocenters. The van der Waals surface area contributed by atoms with Gasteiger partial charge < -0.3 is 5.73 Å². The second-order valence-electron chi connectivity index (χ2n) is 4.70. The lowest BCUT2D eigenvalue weighted by Gasteiger charge is -2.15. The topological polar surface area (TPSA) is 38.4 Å². The summed E-state index contributed by atoms with van der Waals surface area (Å²) < 4.78 is 39.5. The van der Waals surface area contributed by atoms with Gasteiger partial charge in [-0.05, 0) is 29.5 Å². The summed E-state index contributed by atoms with van der Waals surface area (Å²) in [6.45, 7) is 1.85. The molecule has 21 heavy (non-hydrogen) atoms. The summed E-state index contributed by atoms with van der Waals surface area (Å²) in [6.07, 6.45) is -3.01. The Kier molecular flexibility index (Phi) is 3.20. The molecule has 2 aliphatic rings. The van der Waals surface area contributed by atoms with Gasteiger partial charge in [-0.15, -0.1) is 0 Å². The van der Waals surface area contributed by atoms with E-state index >= 15 is 0 Å². The second-order valence-corrected chi connectivity index (χ2v) is 5.61. The first kappa shape index (κ1) is 14.0. The lowest BCUT2D eigenvalue weighted by atomic mass is 9.92. The Morgan fingerprint density at radius 1 is 1.24 bits per heavy atom. The van der Waals surface area contributed by atoms with Crippen molar-refractivity contribution < 1.29 is 13.2 Å². The molecule has 0 radical (unpaired) electrons. The minimum atomic E-state index is -4.42. The Balaban J connectivity index is 2.14. The molecule has 0 spiro atoms. The average Bonchev–Trinajstić information content (AvgIpc) is 3.20. The zero-order valence-electron chi connectivity index (χ0n) is 11.0. The molecule has 0 fully saturated rings. The molecule has 1 aromatic carbocycles. The number of hydrogen-bond acceptors (Lipinski definition) is 3. The van der Waals surface area contributed by atoms with Crippen LogP contribution in [0.5, 0.6) is 0 Å². The zero-order valence-corrected chi connectivity index (χ0v) is 11.8. The van der Waals surface area contributed by atoms with Gasteiger partial charge in [-0.3, -0.25) is 0 Å². The van der Waals surface area contributed by atoms with Crippen LogP contribution in [-0.2, 0) is 6.18 Å². The maximum atomic E-state index is 13.2. The number of halogens is 3. The normalized spacial score (nSPS) is 19.9. The quantitative estimate of drug-likeness (QED) is 0.883. The van der Waals surface area contributed by atoms with E-state index in [-0.39, 0.29) is 11.4 Å². The van der Waals surface area contributed by atoms with E-state index in [1.165, 1.54) is 18.3 Å². The molecule has 0 bridgehead atoms. The number of thioether (sulfide) groups is 1. The van der Waals surface area contributed by atoms with Crippen LogP contribution in [0.25, 0.3) is 5.57 Å². The van der Waals surface area contributed by atoms with Gasteiger partial charge in [0.05, 0.1) is 5.56 Å². The molecule has 0 saturated heterocycles. The number of nitrogens with two attached hydrogens (primary N) is 1. The molecule has 3 rings (SSSR count). The highest BCUT2D eigenvalue weighted by Crippen LogP contribution is 2.45. The van der Waals surface area contributed by atoms with Gasteiger partial charge in [0.15, 0.2) is 0 Å². The zero-order chi connectivity index (χ0) is 15.2. The maximum absolute atomic E-state index is 13.2. The van der Waals surface area contributed by atoms with Gasteiger partial charge in [0.2, 0.25) is 0 Å². The summed E-state index contributed by atoms with van der Waals surface area (Å²) in [5.74, 6) is 0.257. The van der Waals surface area contributed by atoms with Crippen LogP contribution in [0.4, 0.5) is 13.2 Å². The van der Waals surface area contributed by atoms with Crippen molar-refractivity contribution in [3.63, 3.8) is 0 Å². The molecule has 2 aliphatic heterocycles. The Labute approximate surface area is 123 Å². The monoisotopic (exact) mass is 308 g/mol. The predicted octanol–water partition coefficient (Wildman–Crippen LogP) is 4.32. The third-order valence-corrected chi connectivity index (χ3v) is 4.14.